The van der Waals surface area contributed by atoms with Gasteiger partial charge in [-0.05, 0) is 48.4 Å². The van der Waals surface area contributed by atoms with Gasteiger partial charge in [-0.3, -0.25) is 4.79 Å². The van der Waals surface area contributed by atoms with Crippen LogP contribution in [-0.2, 0) is 0 Å². The third-order valence-corrected chi connectivity index (χ3v) is 4.22. The lowest BCUT2D eigenvalue weighted by Gasteiger charge is -2.27. The van der Waals surface area contributed by atoms with Gasteiger partial charge < -0.3 is 10.6 Å². The van der Waals surface area contributed by atoms with Crippen LogP contribution >= 0.6 is 0 Å². The molecule has 104 valence electrons. The Balaban J connectivity index is 2.11. The van der Waals surface area contributed by atoms with E-state index in [4.69, 9.17) is 5.73 Å². The summed E-state index contributed by atoms with van der Waals surface area (Å²) in [6.45, 7) is 10.4. The number of rotatable bonds is 1. The van der Waals surface area contributed by atoms with Crippen molar-refractivity contribution in [3.05, 3.63) is 29.3 Å². The van der Waals surface area contributed by atoms with E-state index in [1.807, 2.05) is 30.0 Å². The largest absolute Gasteiger partial charge is 0.399 e. The molecule has 0 radical (unpaired) electrons. The van der Waals surface area contributed by atoms with Gasteiger partial charge >= 0.3 is 0 Å². The molecule has 0 bridgehead atoms. The number of anilines is 1. The molecule has 0 aromatic heterocycles. The first kappa shape index (κ1) is 13.9. The molecule has 2 rings (SSSR count). The van der Waals surface area contributed by atoms with Crippen molar-refractivity contribution in [3.8, 4) is 0 Å². The predicted molar refractivity (Wildman–Crippen MR) is 79.1 cm³/mol. The van der Waals surface area contributed by atoms with Crippen molar-refractivity contribution in [3.63, 3.8) is 0 Å². The third-order valence-electron chi connectivity index (χ3n) is 4.22. The Morgan fingerprint density at radius 1 is 1.37 bits per heavy atom. The Kier molecular flexibility index (Phi) is 3.57. The van der Waals surface area contributed by atoms with Gasteiger partial charge in [-0.15, -0.1) is 0 Å². The molecule has 1 aromatic rings. The maximum Gasteiger partial charge on any atom is 0.253 e. The standard InChI is InChI=1S/C16H24N2O/c1-11-9-12(5-6-14(11)17)15(19)18-8-7-13(10-18)16(2,3)4/h5-6,9,13H,7-8,10,17H2,1-4H3. The fourth-order valence-corrected chi connectivity index (χ4v) is 2.64. The minimum Gasteiger partial charge on any atom is -0.399 e. The molecule has 1 atom stereocenters. The number of aryl methyl sites for hydroxylation is 1. The molecule has 1 aromatic carbocycles. The second kappa shape index (κ2) is 4.87. The van der Waals surface area contributed by atoms with Gasteiger partial charge in [0.25, 0.3) is 5.91 Å². The fraction of sp³-hybridized carbons (Fsp3) is 0.562. The van der Waals surface area contributed by atoms with E-state index in [9.17, 15) is 4.79 Å². The predicted octanol–water partition coefficient (Wildman–Crippen LogP) is 3.09. The first-order valence-corrected chi connectivity index (χ1v) is 6.94. The second-order valence-corrected chi connectivity index (χ2v) is 6.67. The highest BCUT2D eigenvalue weighted by Crippen LogP contribution is 2.34. The van der Waals surface area contributed by atoms with Gasteiger partial charge in [0.1, 0.15) is 0 Å². The summed E-state index contributed by atoms with van der Waals surface area (Å²) in [5.41, 5.74) is 8.53. The van der Waals surface area contributed by atoms with Crippen molar-refractivity contribution in [2.45, 2.75) is 34.1 Å². The number of nitrogen functional groups attached to an aromatic ring is 1. The van der Waals surface area contributed by atoms with Crippen LogP contribution in [0.4, 0.5) is 5.69 Å². The molecule has 1 saturated heterocycles. The summed E-state index contributed by atoms with van der Waals surface area (Å²) < 4.78 is 0. The molecule has 1 unspecified atom stereocenters. The summed E-state index contributed by atoms with van der Waals surface area (Å²) in [5.74, 6) is 0.723. The monoisotopic (exact) mass is 260 g/mol. The van der Waals surface area contributed by atoms with E-state index in [-0.39, 0.29) is 11.3 Å². The maximum absolute atomic E-state index is 12.5. The molecule has 0 saturated carbocycles. The highest BCUT2D eigenvalue weighted by Gasteiger charge is 2.34. The van der Waals surface area contributed by atoms with Crippen LogP contribution in [0.1, 0.15) is 43.1 Å². The zero-order valence-corrected chi connectivity index (χ0v) is 12.4. The number of carbonyl (C=O) groups is 1. The molecule has 1 heterocycles. The molecule has 0 aliphatic carbocycles. The smallest absolute Gasteiger partial charge is 0.253 e. The van der Waals surface area contributed by atoms with E-state index in [0.717, 1.165) is 36.3 Å². The van der Waals surface area contributed by atoms with Crippen LogP contribution in [0.3, 0.4) is 0 Å². The van der Waals surface area contributed by atoms with E-state index in [1.54, 1.807) is 0 Å². The van der Waals surface area contributed by atoms with Crippen molar-refractivity contribution in [2.24, 2.45) is 11.3 Å². The van der Waals surface area contributed by atoms with Crippen LogP contribution in [0.5, 0.6) is 0 Å². The molecule has 1 aliphatic heterocycles. The summed E-state index contributed by atoms with van der Waals surface area (Å²) in [7, 11) is 0. The van der Waals surface area contributed by atoms with E-state index >= 15 is 0 Å². The number of benzene rings is 1. The van der Waals surface area contributed by atoms with Crippen molar-refractivity contribution in [2.75, 3.05) is 18.8 Å². The number of hydrogen-bond acceptors (Lipinski definition) is 2. The van der Waals surface area contributed by atoms with Crippen LogP contribution in [0.25, 0.3) is 0 Å². The van der Waals surface area contributed by atoms with Gasteiger partial charge in [0.2, 0.25) is 0 Å². The molecular weight excluding hydrogens is 236 g/mol. The van der Waals surface area contributed by atoms with E-state index in [0.29, 0.717) is 5.92 Å². The molecule has 1 aliphatic rings. The SMILES string of the molecule is Cc1cc(C(=O)N2CCC(C(C)(C)C)C2)ccc1N. The summed E-state index contributed by atoms with van der Waals surface area (Å²) >= 11 is 0. The highest BCUT2D eigenvalue weighted by molar-refractivity contribution is 5.95. The van der Waals surface area contributed by atoms with Crippen molar-refractivity contribution in [1.82, 2.24) is 4.90 Å². The first-order chi connectivity index (χ1) is 8.79. The van der Waals surface area contributed by atoms with Crippen LogP contribution in [0.15, 0.2) is 18.2 Å². The van der Waals surface area contributed by atoms with Gasteiger partial charge in [0, 0.05) is 24.3 Å². The number of likely N-dealkylation sites (tertiary alicyclic amines) is 1. The first-order valence-electron chi connectivity index (χ1n) is 6.94. The van der Waals surface area contributed by atoms with E-state index < -0.39 is 0 Å². The van der Waals surface area contributed by atoms with Crippen LogP contribution in [-0.4, -0.2) is 23.9 Å². The minimum absolute atomic E-state index is 0.134. The Morgan fingerprint density at radius 3 is 2.58 bits per heavy atom. The Morgan fingerprint density at radius 2 is 2.05 bits per heavy atom. The molecule has 1 amide bonds. The van der Waals surface area contributed by atoms with Gasteiger partial charge in [-0.2, -0.15) is 0 Å². The van der Waals surface area contributed by atoms with Crippen LogP contribution < -0.4 is 5.73 Å². The number of nitrogens with zero attached hydrogens (tertiary/aromatic N) is 1. The lowest BCUT2D eigenvalue weighted by molar-refractivity contribution is 0.0776. The lowest BCUT2D eigenvalue weighted by atomic mass is 9.80. The van der Waals surface area contributed by atoms with E-state index in [2.05, 4.69) is 20.8 Å². The number of hydrogen-bond donors (Lipinski definition) is 1. The summed E-state index contributed by atoms with van der Waals surface area (Å²) in [5, 5.41) is 0. The summed E-state index contributed by atoms with van der Waals surface area (Å²) in [6, 6.07) is 5.54. The molecule has 3 nitrogen and oxygen atoms in total. The molecule has 0 spiro atoms. The average Bonchev–Trinajstić information content (AvgIpc) is 2.81. The minimum atomic E-state index is 0.134. The molecule has 19 heavy (non-hydrogen) atoms. The number of carbonyl (C=O) groups excluding carboxylic acids is 1. The van der Waals surface area contributed by atoms with E-state index in [1.165, 1.54) is 0 Å². The number of nitrogens with two attached hydrogens (primary N) is 1. The van der Waals surface area contributed by atoms with Crippen molar-refractivity contribution < 1.29 is 4.79 Å². The molecule has 1 fully saturated rings. The van der Waals surface area contributed by atoms with Crippen LogP contribution in [0, 0.1) is 18.3 Å². The second-order valence-electron chi connectivity index (χ2n) is 6.67. The average molecular weight is 260 g/mol. The topological polar surface area (TPSA) is 46.3 Å². The molecule has 2 N–H and O–H groups in total. The zero-order chi connectivity index (χ0) is 14.2. The Labute approximate surface area is 115 Å². The quantitative estimate of drug-likeness (QED) is 0.789. The lowest BCUT2D eigenvalue weighted by Crippen LogP contribution is -2.31. The fourth-order valence-electron chi connectivity index (χ4n) is 2.64. The zero-order valence-electron chi connectivity index (χ0n) is 12.4. The van der Waals surface area contributed by atoms with Crippen molar-refractivity contribution >= 4 is 11.6 Å². The maximum atomic E-state index is 12.5. The van der Waals surface area contributed by atoms with Crippen molar-refractivity contribution in [1.29, 1.82) is 0 Å². The summed E-state index contributed by atoms with van der Waals surface area (Å²) in [4.78, 5) is 14.4. The summed E-state index contributed by atoms with van der Waals surface area (Å²) in [6.07, 6.45) is 1.10. The number of amides is 1. The molecule has 3 heteroatoms. The van der Waals surface area contributed by atoms with Gasteiger partial charge in [0.05, 0.1) is 0 Å². The Hall–Kier alpha value is -1.51. The van der Waals surface area contributed by atoms with Gasteiger partial charge in [-0.1, -0.05) is 20.8 Å². The molecular formula is C16H24N2O. The normalized spacial score (nSPS) is 19.8. The van der Waals surface area contributed by atoms with Gasteiger partial charge in [0.15, 0.2) is 0 Å². The third kappa shape index (κ3) is 2.91. The Bertz CT molecular complexity index is 488. The van der Waals surface area contributed by atoms with Crippen LogP contribution in [0.2, 0.25) is 0 Å². The highest BCUT2D eigenvalue weighted by atomic mass is 16.2. The van der Waals surface area contributed by atoms with Gasteiger partial charge in [-0.25, -0.2) is 0 Å².